The van der Waals surface area contributed by atoms with E-state index in [-0.39, 0.29) is 11.1 Å². The lowest BCUT2D eigenvalue weighted by atomic mass is 10.5. The Morgan fingerprint density at radius 1 is 1.50 bits per heavy atom. The second-order valence-electron chi connectivity index (χ2n) is 1.66. The van der Waals surface area contributed by atoms with Gasteiger partial charge in [-0.15, -0.1) is 0 Å². The highest BCUT2D eigenvalue weighted by molar-refractivity contribution is 9.08. The molecule has 0 radical (unpaired) electrons. The van der Waals surface area contributed by atoms with Crippen LogP contribution in [0.15, 0.2) is 16.5 Å². The first-order valence-corrected chi connectivity index (χ1v) is 3.68. The van der Waals surface area contributed by atoms with E-state index in [9.17, 15) is 0 Å². The van der Waals surface area contributed by atoms with Gasteiger partial charge in [0.1, 0.15) is 5.76 Å². The monoisotopic (exact) mass is 207 g/mol. The van der Waals surface area contributed by atoms with Crippen molar-refractivity contribution in [3.8, 4) is 0 Å². The maximum absolute atomic E-state index is 8.41. The van der Waals surface area contributed by atoms with Crippen molar-refractivity contribution in [2.45, 2.75) is 5.33 Å². The van der Waals surface area contributed by atoms with E-state index >= 15 is 0 Å². The van der Waals surface area contributed by atoms with Crippen LogP contribution in [0.5, 0.6) is 0 Å². The molecule has 5 heteroatoms. The molecule has 1 heterocycles. The SMILES string of the molecule is ON(O)c1ccc(CBr)o1. The smallest absolute Gasteiger partial charge is 0.247 e. The third-order valence-electron chi connectivity index (χ3n) is 0.976. The van der Waals surface area contributed by atoms with E-state index in [2.05, 4.69) is 15.9 Å². The molecule has 0 saturated carbocycles. The summed E-state index contributed by atoms with van der Waals surface area (Å²) in [6, 6.07) is 3.10. The van der Waals surface area contributed by atoms with Crippen molar-refractivity contribution < 1.29 is 14.8 Å². The number of furan rings is 1. The minimum absolute atomic E-state index is 0.00875. The molecule has 0 unspecified atom stereocenters. The standard InChI is InChI=1S/C5H6BrNO3/c6-3-4-1-2-5(10-4)7(8)9/h1-2,8-9H,3H2. The molecule has 0 spiro atoms. The summed E-state index contributed by atoms with van der Waals surface area (Å²) >= 11 is 3.14. The molecule has 1 rings (SSSR count). The van der Waals surface area contributed by atoms with Gasteiger partial charge in [-0.2, -0.15) is 0 Å². The van der Waals surface area contributed by atoms with E-state index in [1.54, 1.807) is 6.07 Å². The number of nitrogens with zero attached hydrogens (tertiary/aromatic N) is 1. The number of alkyl halides is 1. The quantitative estimate of drug-likeness (QED) is 0.574. The van der Waals surface area contributed by atoms with Crippen molar-refractivity contribution in [2.24, 2.45) is 0 Å². The average Bonchev–Trinajstić information content (AvgIpc) is 2.34. The fraction of sp³-hybridized carbons (Fsp3) is 0.200. The molecule has 0 saturated heterocycles. The van der Waals surface area contributed by atoms with Crippen LogP contribution in [-0.4, -0.2) is 10.4 Å². The first-order chi connectivity index (χ1) is 4.74. The molecular formula is C5H6BrNO3. The number of hydrogen-bond donors (Lipinski definition) is 2. The highest BCUT2D eigenvalue weighted by Crippen LogP contribution is 2.17. The van der Waals surface area contributed by atoms with Crippen LogP contribution in [0.2, 0.25) is 0 Å². The molecule has 1 aromatic heterocycles. The maximum Gasteiger partial charge on any atom is 0.247 e. The predicted octanol–water partition coefficient (Wildman–Crippen LogP) is 1.76. The van der Waals surface area contributed by atoms with Crippen LogP contribution in [0.3, 0.4) is 0 Å². The molecular weight excluding hydrogens is 202 g/mol. The molecule has 1 aromatic rings. The lowest BCUT2D eigenvalue weighted by Crippen LogP contribution is -2.09. The summed E-state index contributed by atoms with van der Waals surface area (Å²) in [4.78, 5) is 0. The molecule has 10 heavy (non-hydrogen) atoms. The van der Waals surface area contributed by atoms with E-state index in [0.717, 1.165) is 0 Å². The van der Waals surface area contributed by atoms with Gasteiger partial charge >= 0.3 is 0 Å². The first kappa shape index (κ1) is 7.59. The van der Waals surface area contributed by atoms with Crippen LogP contribution in [0, 0.1) is 0 Å². The highest BCUT2D eigenvalue weighted by atomic mass is 79.9. The van der Waals surface area contributed by atoms with Crippen LogP contribution in [0.1, 0.15) is 5.76 Å². The average molecular weight is 208 g/mol. The molecule has 2 N–H and O–H groups in total. The Bertz CT molecular complexity index is 210. The Balaban J connectivity index is 2.78. The van der Waals surface area contributed by atoms with Gasteiger partial charge in [-0.1, -0.05) is 21.2 Å². The van der Waals surface area contributed by atoms with Crippen molar-refractivity contribution in [3.63, 3.8) is 0 Å². The summed E-state index contributed by atoms with van der Waals surface area (Å²) in [6.45, 7) is 0. The second-order valence-corrected chi connectivity index (χ2v) is 2.22. The van der Waals surface area contributed by atoms with E-state index in [1.807, 2.05) is 0 Å². The van der Waals surface area contributed by atoms with Crippen LogP contribution < -0.4 is 5.23 Å². The van der Waals surface area contributed by atoms with Gasteiger partial charge in [0.15, 0.2) is 0 Å². The Morgan fingerprint density at radius 3 is 2.50 bits per heavy atom. The Labute approximate surface area is 65.7 Å². The van der Waals surface area contributed by atoms with Crippen molar-refractivity contribution in [1.82, 2.24) is 0 Å². The minimum atomic E-state index is -0.0633. The van der Waals surface area contributed by atoms with Crippen LogP contribution in [-0.2, 0) is 5.33 Å². The van der Waals surface area contributed by atoms with Crippen LogP contribution >= 0.6 is 15.9 Å². The van der Waals surface area contributed by atoms with E-state index in [4.69, 9.17) is 14.8 Å². The number of rotatable bonds is 2. The lowest BCUT2D eigenvalue weighted by Gasteiger charge is -2.00. The van der Waals surface area contributed by atoms with Gasteiger partial charge < -0.3 is 4.42 Å². The summed E-state index contributed by atoms with van der Waals surface area (Å²) in [6.07, 6.45) is 0. The minimum Gasteiger partial charge on any atom is -0.441 e. The van der Waals surface area contributed by atoms with E-state index < -0.39 is 0 Å². The number of anilines is 1. The molecule has 0 fully saturated rings. The normalized spacial score (nSPS) is 9.90. The Morgan fingerprint density at radius 2 is 2.20 bits per heavy atom. The van der Waals surface area contributed by atoms with Gasteiger partial charge in [-0.05, 0) is 6.07 Å². The fourth-order valence-electron chi connectivity index (χ4n) is 0.546. The lowest BCUT2D eigenvalue weighted by molar-refractivity contribution is 0.0170. The van der Waals surface area contributed by atoms with Gasteiger partial charge in [0.25, 0.3) is 0 Å². The Kier molecular flexibility index (Phi) is 2.31. The van der Waals surface area contributed by atoms with Crippen molar-refractivity contribution in [3.05, 3.63) is 17.9 Å². The van der Waals surface area contributed by atoms with E-state index in [0.29, 0.717) is 11.1 Å². The van der Waals surface area contributed by atoms with Gasteiger partial charge in [0.05, 0.1) is 5.33 Å². The van der Waals surface area contributed by atoms with Gasteiger partial charge in [0.2, 0.25) is 5.88 Å². The summed E-state index contributed by atoms with van der Waals surface area (Å²) in [7, 11) is 0. The van der Waals surface area contributed by atoms with Crippen LogP contribution in [0.4, 0.5) is 5.88 Å². The van der Waals surface area contributed by atoms with E-state index in [1.165, 1.54) is 6.07 Å². The highest BCUT2D eigenvalue weighted by Gasteiger charge is 2.03. The summed E-state index contributed by atoms with van der Waals surface area (Å²) < 4.78 is 4.87. The predicted molar refractivity (Wildman–Crippen MR) is 37.4 cm³/mol. The van der Waals surface area contributed by atoms with Gasteiger partial charge in [-0.3, -0.25) is 10.4 Å². The summed E-state index contributed by atoms with van der Waals surface area (Å²) in [5.74, 6) is 0.651. The summed E-state index contributed by atoms with van der Waals surface area (Å²) in [5, 5.41) is 17.3. The van der Waals surface area contributed by atoms with Crippen molar-refractivity contribution >= 4 is 21.8 Å². The largest absolute Gasteiger partial charge is 0.441 e. The molecule has 0 amide bonds. The molecule has 0 atom stereocenters. The molecule has 0 aliphatic rings. The zero-order valence-electron chi connectivity index (χ0n) is 4.99. The summed E-state index contributed by atoms with van der Waals surface area (Å²) in [5.41, 5.74) is 0. The molecule has 0 bridgehead atoms. The maximum atomic E-state index is 8.41. The molecule has 0 aromatic carbocycles. The Hall–Kier alpha value is -0.520. The van der Waals surface area contributed by atoms with Crippen molar-refractivity contribution in [2.75, 3.05) is 5.23 Å². The topological polar surface area (TPSA) is 56.8 Å². The molecule has 0 aliphatic heterocycles. The third kappa shape index (κ3) is 1.50. The zero-order chi connectivity index (χ0) is 7.56. The van der Waals surface area contributed by atoms with Crippen LogP contribution in [0.25, 0.3) is 0 Å². The van der Waals surface area contributed by atoms with Gasteiger partial charge in [-0.25, -0.2) is 0 Å². The molecule has 56 valence electrons. The molecule has 4 nitrogen and oxygen atoms in total. The number of hydrogen-bond acceptors (Lipinski definition) is 4. The van der Waals surface area contributed by atoms with Crippen molar-refractivity contribution in [1.29, 1.82) is 0 Å². The number of halogens is 1. The molecule has 0 aliphatic carbocycles. The van der Waals surface area contributed by atoms with Gasteiger partial charge in [0, 0.05) is 6.07 Å². The third-order valence-corrected chi connectivity index (χ3v) is 1.53. The first-order valence-electron chi connectivity index (χ1n) is 2.56. The zero-order valence-corrected chi connectivity index (χ0v) is 6.58. The fourth-order valence-corrected chi connectivity index (χ4v) is 0.847. The second kappa shape index (κ2) is 3.05.